The highest BCUT2D eigenvalue weighted by Crippen LogP contribution is 2.21. The van der Waals surface area contributed by atoms with E-state index in [-0.39, 0.29) is 5.91 Å². The molecule has 1 aliphatic carbocycles. The largest absolute Gasteiger partial charge is 0.368 e. The van der Waals surface area contributed by atoms with Crippen molar-refractivity contribution in [2.45, 2.75) is 38.1 Å². The molecule has 0 unspecified atom stereocenters. The Morgan fingerprint density at radius 1 is 0.926 bits per heavy atom. The maximum atomic E-state index is 12.6. The summed E-state index contributed by atoms with van der Waals surface area (Å²) in [5.41, 5.74) is 1.99. The summed E-state index contributed by atoms with van der Waals surface area (Å²) in [6, 6.07) is 14.6. The van der Waals surface area contributed by atoms with E-state index in [4.69, 9.17) is 0 Å². The van der Waals surface area contributed by atoms with Gasteiger partial charge in [-0.1, -0.05) is 37.5 Å². The van der Waals surface area contributed by atoms with Gasteiger partial charge in [0.05, 0.1) is 0 Å². The number of piperazine rings is 1. The fraction of sp³-hybridized carbons (Fsp3) is 0.455. The summed E-state index contributed by atoms with van der Waals surface area (Å²) in [5.74, 6) is 0.937. The quantitative estimate of drug-likeness (QED) is 0.902. The van der Waals surface area contributed by atoms with Crippen LogP contribution in [0.15, 0.2) is 48.7 Å². The Morgan fingerprint density at radius 3 is 2.37 bits per heavy atom. The normalized spacial score (nSPS) is 18.4. The van der Waals surface area contributed by atoms with Gasteiger partial charge in [0.1, 0.15) is 5.82 Å². The highest BCUT2D eigenvalue weighted by Gasteiger charge is 2.20. The van der Waals surface area contributed by atoms with Crippen molar-refractivity contribution < 1.29 is 4.79 Å². The third-order valence-corrected chi connectivity index (χ3v) is 5.67. The summed E-state index contributed by atoms with van der Waals surface area (Å²) in [6.45, 7) is 3.75. The van der Waals surface area contributed by atoms with Crippen molar-refractivity contribution in [3.8, 4) is 0 Å². The lowest BCUT2D eigenvalue weighted by Gasteiger charge is -2.36. The number of nitrogens with one attached hydrogen (secondary N) is 1. The van der Waals surface area contributed by atoms with Gasteiger partial charge in [-0.25, -0.2) is 4.98 Å². The minimum Gasteiger partial charge on any atom is -0.368 e. The third kappa shape index (κ3) is 4.41. The second kappa shape index (κ2) is 8.42. The van der Waals surface area contributed by atoms with E-state index >= 15 is 0 Å². The number of nitrogens with zero attached hydrogens (tertiary/aromatic N) is 3. The van der Waals surface area contributed by atoms with E-state index in [1.165, 1.54) is 24.9 Å². The van der Waals surface area contributed by atoms with Crippen molar-refractivity contribution in [1.82, 2.24) is 10.3 Å². The number of amides is 1. The van der Waals surface area contributed by atoms with Gasteiger partial charge in [-0.2, -0.15) is 0 Å². The molecule has 1 saturated heterocycles. The molecule has 142 valence electrons. The molecular weight excluding hydrogens is 336 g/mol. The number of carbonyl (C=O) groups excluding carboxylic acids is 1. The average Bonchev–Trinajstić information content (AvgIpc) is 2.75. The van der Waals surface area contributed by atoms with Gasteiger partial charge in [0.25, 0.3) is 5.91 Å². The standard InChI is InChI=1S/C22H28N4O/c27-22(24-19-7-3-1-4-8-19)18-11-12-23-21(17-18)26-15-13-25(14-16-26)20-9-5-2-6-10-20/h2,5-6,9-12,17,19H,1,3-4,7-8,13-16H2,(H,24,27). The van der Waals surface area contributed by atoms with E-state index in [1.54, 1.807) is 6.20 Å². The Hall–Kier alpha value is -2.56. The molecule has 2 heterocycles. The van der Waals surface area contributed by atoms with Crippen LogP contribution < -0.4 is 15.1 Å². The number of carbonyl (C=O) groups is 1. The number of benzene rings is 1. The molecule has 2 fully saturated rings. The molecule has 0 radical (unpaired) electrons. The second-order valence-electron chi connectivity index (χ2n) is 7.52. The summed E-state index contributed by atoms with van der Waals surface area (Å²) in [7, 11) is 0. The topological polar surface area (TPSA) is 48.5 Å². The van der Waals surface area contributed by atoms with Crippen molar-refractivity contribution in [2.24, 2.45) is 0 Å². The van der Waals surface area contributed by atoms with Crippen molar-refractivity contribution >= 4 is 17.4 Å². The highest BCUT2D eigenvalue weighted by atomic mass is 16.1. The fourth-order valence-corrected chi connectivity index (χ4v) is 4.08. The smallest absolute Gasteiger partial charge is 0.251 e. The molecule has 5 nitrogen and oxygen atoms in total. The number of hydrogen-bond acceptors (Lipinski definition) is 4. The minimum atomic E-state index is 0.0356. The Balaban J connectivity index is 1.37. The SMILES string of the molecule is O=C(NC1CCCCC1)c1ccnc(N2CCN(c3ccccc3)CC2)c1. The Bertz CT molecular complexity index is 750. The molecule has 27 heavy (non-hydrogen) atoms. The molecule has 2 aliphatic rings. The van der Waals surface area contributed by atoms with Crippen LogP contribution in [-0.4, -0.2) is 43.1 Å². The molecule has 4 rings (SSSR count). The average molecular weight is 364 g/mol. The first-order valence-corrected chi connectivity index (χ1v) is 10.1. The van der Waals surface area contributed by atoms with Crippen molar-refractivity contribution in [2.75, 3.05) is 36.0 Å². The molecule has 1 aromatic carbocycles. The van der Waals surface area contributed by atoms with Gasteiger partial charge in [-0.3, -0.25) is 4.79 Å². The van der Waals surface area contributed by atoms with Crippen LogP contribution in [0.4, 0.5) is 11.5 Å². The molecule has 1 saturated carbocycles. The molecule has 0 atom stereocenters. The third-order valence-electron chi connectivity index (χ3n) is 5.67. The molecule has 0 spiro atoms. The van der Waals surface area contributed by atoms with Crippen molar-refractivity contribution in [1.29, 1.82) is 0 Å². The Kier molecular flexibility index (Phi) is 5.56. The summed E-state index contributed by atoms with van der Waals surface area (Å²) in [5, 5.41) is 3.20. The lowest BCUT2D eigenvalue weighted by Crippen LogP contribution is -2.47. The fourth-order valence-electron chi connectivity index (χ4n) is 4.08. The van der Waals surface area contributed by atoms with Gasteiger partial charge >= 0.3 is 0 Å². The molecule has 1 aliphatic heterocycles. The highest BCUT2D eigenvalue weighted by molar-refractivity contribution is 5.95. The second-order valence-corrected chi connectivity index (χ2v) is 7.52. The number of aromatic nitrogens is 1. The van der Waals surface area contributed by atoms with E-state index in [1.807, 2.05) is 18.2 Å². The Labute approximate surface area is 161 Å². The predicted octanol–water partition coefficient (Wildman–Crippen LogP) is 3.47. The number of hydrogen-bond donors (Lipinski definition) is 1. The van der Waals surface area contributed by atoms with Crippen LogP contribution in [-0.2, 0) is 0 Å². The first-order chi connectivity index (χ1) is 13.3. The summed E-state index contributed by atoms with van der Waals surface area (Å²) >= 11 is 0. The summed E-state index contributed by atoms with van der Waals surface area (Å²) in [4.78, 5) is 21.8. The molecular formula is C22H28N4O. The summed E-state index contributed by atoms with van der Waals surface area (Å²) < 4.78 is 0. The van der Waals surface area contributed by atoms with Crippen LogP contribution in [0.3, 0.4) is 0 Å². The van der Waals surface area contributed by atoms with Crippen LogP contribution in [0, 0.1) is 0 Å². The van der Waals surface area contributed by atoms with Gasteiger partial charge in [-0.15, -0.1) is 0 Å². The van der Waals surface area contributed by atoms with Gasteiger partial charge in [0, 0.05) is 49.7 Å². The molecule has 1 aromatic heterocycles. The molecule has 2 aromatic rings. The lowest BCUT2D eigenvalue weighted by molar-refractivity contribution is 0.0927. The van der Waals surface area contributed by atoms with E-state index in [0.717, 1.165) is 50.4 Å². The predicted molar refractivity (Wildman–Crippen MR) is 109 cm³/mol. The molecule has 0 bridgehead atoms. The van der Waals surface area contributed by atoms with Crippen LogP contribution in [0.1, 0.15) is 42.5 Å². The maximum absolute atomic E-state index is 12.6. The van der Waals surface area contributed by atoms with Crippen LogP contribution in [0.25, 0.3) is 0 Å². The van der Waals surface area contributed by atoms with Crippen LogP contribution in [0.2, 0.25) is 0 Å². The Morgan fingerprint density at radius 2 is 1.63 bits per heavy atom. The molecule has 1 N–H and O–H groups in total. The van der Waals surface area contributed by atoms with E-state index < -0.39 is 0 Å². The zero-order chi connectivity index (χ0) is 18.5. The number of para-hydroxylation sites is 1. The number of anilines is 2. The summed E-state index contributed by atoms with van der Waals surface area (Å²) in [6.07, 6.45) is 7.70. The van der Waals surface area contributed by atoms with Gasteiger partial charge in [0.15, 0.2) is 0 Å². The van der Waals surface area contributed by atoms with E-state index in [9.17, 15) is 4.79 Å². The first kappa shape index (κ1) is 17.8. The van der Waals surface area contributed by atoms with Crippen LogP contribution in [0.5, 0.6) is 0 Å². The monoisotopic (exact) mass is 364 g/mol. The number of pyridine rings is 1. The molecule has 1 amide bonds. The minimum absolute atomic E-state index is 0.0356. The van der Waals surface area contributed by atoms with Gasteiger partial charge in [0.2, 0.25) is 0 Å². The molecule has 5 heteroatoms. The van der Waals surface area contributed by atoms with E-state index in [0.29, 0.717) is 6.04 Å². The lowest BCUT2D eigenvalue weighted by atomic mass is 9.95. The first-order valence-electron chi connectivity index (χ1n) is 10.1. The van der Waals surface area contributed by atoms with Crippen LogP contribution >= 0.6 is 0 Å². The number of rotatable bonds is 4. The zero-order valence-corrected chi connectivity index (χ0v) is 15.8. The van der Waals surface area contributed by atoms with Gasteiger partial charge < -0.3 is 15.1 Å². The maximum Gasteiger partial charge on any atom is 0.251 e. The zero-order valence-electron chi connectivity index (χ0n) is 15.8. The van der Waals surface area contributed by atoms with Gasteiger partial charge in [-0.05, 0) is 37.1 Å². The van der Waals surface area contributed by atoms with Crippen molar-refractivity contribution in [3.63, 3.8) is 0 Å². The van der Waals surface area contributed by atoms with Crippen molar-refractivity contribution in [3.05, 3.63) is 54.2 Å². The van der Waals surface area contributed by atoms with E-state index in [2.05, 4.69) is 44.4 Å².